The van der Waals surface area contributed by atoms with Crippen molar-refractivity contribution in [1.29, 1.82) is 0 Å². The molecular formula is C15H17N3O4. The lowest BCUT2D eigenvalue weighted by atomic mass is 10.2. The summed E-state index contributed by atoms with van der Waals surface area (Å²) in [4.78, 5) is 21.7. The summed E-state index contributed by atoms with van der Waals surface area (Å²) >= 11 is 0. The molecular weight excluding hydrogens is 286 g/mol. The Morgan fingerprint density at radius 1 is 1.18 bits per heavy atom. The van der Waals surface area contributed by atoms with Crippen LogP contribution in [0.4, 0.5) is 11.4 Å². The first kappa shape index (κ1) is 15.6. The molecule has 1 amide bonds. The van der Waals surface area contributed by atoms with Gasteiger partial charge in [0.15, 0.2) is 0 Å². The van der Waals surface area contributed by atoms with E-state index < -0.39 is 4.92 Å². The van der Waals surface area contributed by atoms with Crippen molar-refractivity contribution in [3.05, 3.63) is 58.5 Å². The molecule has 0 atom stereocenters. The van der Waals surface area contributed by atoms with Crippen molar-refractivity contribution in [3.8, 4) is 0 Å². The van der Waals surface area contributed by atoms with Gasteiger partial charge in [-0.15, -0.1) is 0 Å². The summed E-state index contributed by atoms with van der Waals surface area (Å²) in [5.74, 6) is 0.751. The number of benzene rings is 1. The maximum atomic E-state index is 11.6. The van der Waals surface area contributed by atoms with Gasteiger partial charge in [-0.2, -0.15) is 0 Å². The van der Waals surface area contributed by atoms with Gasteiger partial charge in [0, 0.05) is 43.8 Å². The van der Waals surface area contributed by atoms with E-state index in [0.717, 1.165) is 11.4 Å². The Balaban J connectivity index is 1.62. The largest absolute Gasteiger partial charge is 0.469 e. The lowest BCUT2D eigenvalue weighted by Gasteiger charge is -2.07. The second-order valence-corrected chi connectivity index (χ2v) is 4.66. The van der Waals surface area contributed by atoms with Gasteiger partial charge in [-0.05, 0) is 24.3 Å². The summed E-state index contributed by atoms with van der Waals surface area (Å²) in [5.41, 5.74) is 0.826. The third kappa shape index (κ3) is 4.93. The molecule has 7 heteroatoms. The highest BCUT2D eigenvalue weighted by molar-refractivity contribution is 5.76. The SMILES string of the molecule is O=C(CCc1ccco1)NCCNc1ccc([N+](=O)[O-])cc1. The average Bonchev–Trinajstić information content (AvgIpc) is 3.03. The highest BCUT2D eigenvalue weighted by atomic mass is 16.6. The molecule has 0 aliphatic rings. The molecule has 1 aromatic heterocycles. The number of anilines is 1. The van der Waals surface area contributed by atoms with Crippen molar-refractivity contribution in [2.45, 2.75) is 12.8 Å². The zero-order chi connectivity index (χ0) is 15.8. The molecule has 2 aromatic rings. The molecule has 0 saturated heterocycles. The van der Waals surface area contributed by atoms with E-state index in [1.165, 1.54) is 12.1 Å². The van der Waals surface area contributed by atoms with Gasteiger partial charge in [0.1, 0.15) is 5.76 Å². The van der Waals surface area contributed by atoms with E-state index in [0.29, 0.717) is 25.9 Å². The number of hydrogen-bond acceptors (Lipinski definition) is 5. The zero-order valence-corrected chi connectivity index (χ0v) is 12.0. The van der Waals surface area contributed by atoms with E-state index in [9.17, 15) is 14.9 Å². The Bertz CT molecular complexity index is 608. The summed E-state index contributed by atoms with van der Waals surface area (Å²) in [7, 11) is 0. The highest BCUT2D eigenvalue weighted by Gasteiger charge is 2.04. The molecule has 0 unspecified atom stereocenters. The molecule has 0 spiro atoms. The molecule has 0 saturated carbocycles. The predicted molar refractivity (Wildman–Crippen MR) is 81.6 cm³/mol. The molecule has 0 aliphatic heterocycles. The highest BCUT2D eigenvalue weighted by Crippen LogP contribution is 2.14. The first-order valence-electron chi connectivity index (χ1n) is 6.92. The molecule has 1 aromatic carbocycles. The first-order chi connectivity index (χ1) is 10.6. The van der Waals surface area contributed by atoms with Crippen LogP contribution >= 0.6 is 0 Å². The molecule has 116 valence electrons. The van der Waals surface area contributed by atoms with Crippen molar-refractivity contribution in [3.63, 3.8) is 0 Å². The third-order valence-corrected chi connectivity index (χ3v) is 3.03. The standard InChI is InChI=1S/C15H17N3O4/c19-15(8-7-14-2-1-11-22-14)17-10-9-16-12-3-5-13(6-4-12)18(20)21/h1-6,11,16H,7-10H2,(H,17,19). The first-order valence-corrected chi connectivity index (χ1v) is 6.92. The van der Waals surface area contributed by atoms with Crippen LogP contribution in [0.25, 0.3) is 0 Å². The number of non-ortho nitro benzene ring substituents is 1. The maximum Gasteiger partial charge on any atom is 0.269 e. The number of amides is 1. The van der Waals surface area contributed by atoms with Crippen LogP contribution in [0.1, 0.15) is 12.2 Å². The monoisotopic (exact) mass is 303 g/mol. The topological polar surface area (TPSA) is 97.4 Å². The van der Waals surface area contributed by atoms with Crippen LogP contribution in [0.15, 0.2) is 47.1 Å². The average molecular weight is 303 g/mol. The minimum absolute atomic E-state index is 0.0399. The predicted octanol–water partition coefficient (Wildman–Crippen LogP) is 2.35. The number of furan rings is 1. The summed E-state index contributed by atoms with van der Waals surface area (Å²) in [6.07, 6.45) is 2.54. The number of rotatable bonds is 8. The number of nitro benzene ring substituents is 1. The van der Waals surface area contributed by atoms with Crippen LogP contribution in [0.3, 0.4) is 0 Å². The maximum absolute atomic E-state index is 11.6. The molecule has 0 aliphatic carbocycles. The Morgan fingerprint density at radius 3 is 2.59 bits per heavy atom. The molecule has 0 bridgehead atoms. The van der Waals surface area contributed by atoms with Gasteiger partial charge in [0.2, 0.25) is 5.91 Å². The quantitative estimate of drug-likeness (QED) is 0.443. The summed E-state index contributed by atoms with van der Waals surface area (Å²) in [6, 6.07) is 9.77. The fourth-order valence-electron chi connectivity index (χ4n) is 1.89. The van der Waals surface area contributed by atoms with Crippen LogP contribution in [0.5, 0.6) is 0 Å². The van der Waals surface area contributed by atoms with E-state index in [-0.39, 0.29) is 11.6 Å². The summed E-state index contributed by atoms with van der Waals surface area (Å²) in [5, 5.41) is 16.4. The molecule has 1 heterocycles. The number of aryl methyl sites for hydroxylation is 1. The minimum atomic E-state index is -0.441. The fraction of sp³-hybridized carbons (Fsp3) is 0.267. The zero-order valence-electron chi connectivity index (χ0n) is 12.0. The van der Waals surface area contributed by atoms with Crippen LogP contribution < -0.4 is 10.6 Å². The fourth-order valence-corrected chi connectivity index (χ4v) is 1.89. The Morgan fingerprint density at radius 2 is 1.95 bits per heavy atom. The third-order valence-electron chi connectivity index (χ3n) is 3.03. The van der Waals surface area contributed by atoms with Gasteiger partial charge in [0.05, 0.1) is 11.2 Å². The Labute approximate surface area is 127 Å². The number of hydrogen-bond donors (Lipinski definition) is 2. The van der Waals surface area contributed by atoms with Gasteiger partial charge in [0.25, 0.3) is 5.69 Å². The van der Waals surface area contributed by atoms with Gasteiger partial charge >= 0.3 is 0 Å². The molecule has 0 fully saturated rings. The van der Waals surface area contributed by atoms with Crippen molar-refractivity contribution >= 4 is 17.3 Å². The Kier molecular flexibility index (Phi) is 5.53. The van der Waals surface area contributed by atoms with Gasteiger partial charge in [-0.1, -0.05) is 0 Å². The van der Waals surface area contributed by atoms with E-state index in [4.69, 9.17) is 4.42 Å². The van der Waals surface area contributed by atoms with Gasteiger partial charge < -0.3 is 15.1 Å². The number of nitrogens with zero attached hydrogens (tertiary/aromatic N) is 1. The Hall–Kier alpha value is -2.83. The van der Waals surface area contributed by atoms with Crippen molar-refractivity contribution < 1.29 is 14.1 Å². The van der Waals surface area contributed by atoms with E-state index in [1.807, 2.05) is 6.07 Å². The molecule has 22 heavy (non-hydrogen) atoms. The second-order valence-electron chi connectivity index (χ2n) is 4.66. The van der Waals surface area contributed by atoms with Crippen molar-refractivity contribution in [2.75, 3.05) is 18.4 Å². The number of carbonyl (C=O) groups is 1. The van der Waals surface area contributed by atoms with E-state index in [1.54, 1.807) is 24.5 Å². The lowest BCUT2D eigenvalue weighted by Crippen LogP contribution is -2.28. The normalized spacial score (nSPS) is 10.2. The minimum Gasteiger partial charge on any atom is -0.469 e. The van der Waals surface area contributed by atoms with Gasteiger partial charge in [-0.3, -0.25) is 14.9 Å². The van der Waals surface area contributed by atoms with Crippen LogP contribution in [0.2, 0.25) is 0 Å². The molecule has 0 radical (unpaired) electrons. The van der Waals surface area contributed by atoms with E-state index >= 15 is 0 Å². The van der Waals surface area contributed by atoms with Gasteiger partial charge in [-0.25, -0.2) is 0 Å². The number of carbonyl (C=O) groups excluding carboxylic acids is 1. The lowest BCUT2D eigenvalue weighted by molar-refractivity contribution is -0.384. The molecule has 2 N–H and O–H groups in total. The number of nitro groups is 1. The molecule has 7 nitrogen and oxygen atoms in total. The number of nitrogens with one attached hydrogen (secondary N) is 2. The van der Waals surface area contributed by atoms with Crippen LogP contribution in [0, 0.1) is 10.1 Å². The van der Waals surface area contributed by atoms with E-state index in [2.05, 4.69) is 10.6 Å². The van der Waals surface area contributed by atoms with Crippen LogP contribution in [-0.2, 0) is 11.2 Å². The van der Waals surface area contributed by atoms with Crippen molar-refractivity contribution in [2.24, 2.45) is 0 Å². The smallest absolute Gasteiger partial charge is 0.269 e. The van der Waals surface area contributed by atoms with Crippen LogP contribution in [-0.4, -0.2) is 23.9 Å². The van der Waals surface area contributed by atoms with Crippen molar-refractivity contribution in [1.82, 2.24) is 5.32 Å². The second kappa shape index (κ2) is 7.82. The summed E-state index contributed by atoms with van der Waals surface area (Å²) < 4.78 is 5.15. The molecule has 2 rings (SSSR count). The summed E-state index contributed by atoms with van der Waals surface area (Å²) in [6.45, 7) is 1.03.